The van der Waals surface area contributed by atoms with E-state index in [4.69, 9.17) is 10.5 Å². The van der Waals surface area contributed by atoms with Crippen LogP contribution in [0.5, 0.6) is 0 Å². The zero-order chi connectivity index (χ0) is 13.2. The molecule has 0 saturated carbocycles. The van der Waals surface area contributed by atoms with Gasteiger partial charge < -0.3 is 15.8 Å². The summed E-state index contributed by atoms with van der Waals surface area (Å²) in [5.41, 5.74) is 6.41. The van der Waals surface area contributed by atoms with Crippen LogP contribution >= 0.6 is 0 Å². The van der Waals surface area contributed by atoms with Crippen LogP contribution in [-0.4, -0.2) is 37.7 Å². The van der Waals surface area contributed by atoms with E-state index in [1.165, 1.54) is 0 Å². The summed E-state index contributed by atoms with van der Waals surface area (Å²) < 4.78 is 4.91. The largest absolute Gasteiger partial charge is 0.385 e. The smallest absolute Gasteiger partial charge is 0.252 e. The summed E-state index contributed by atoms with van der Waals surface area (Å²) in [6.07, 6.45) is 3.90. The average molecular weight is 247 g/mol. The van der Waals surface area contributed by atoms with Gasteiger partial charge in [-0.25, -0.2) is 0 Å². The zero-order valence-electron chi connectivity index (χ0n) is 10.4. The van der Waals surface area contributed by atoms with E-state index in [1.807, 2.05) is 0 Å². The van der Waals surface area contributed by atoms with Crippen LogP contribution in [0.4, 0.5) is 0 Å². The van der Waals surface area contributed by atoms with Crippen molar-refractivity contribution in [2.45, 2.75) is 6.42 Å². The molecule has 18 heavy (non-hydrogen) atoms. The highest BCUT2D eigenvalue weighted by atomic mass is 16.5. The number of nitrogens with two attached hydrogens (primary N) is 1. The summed E-state index contributed by atoms with van der Waals surface area (Å²) in [4.78, 5) is 15.9. The molecule has 0 fully saturated rings. The van der Waals surface area contributed by atoms with Crippen LogP contribution in [0.15, 0.2) is 18.5 Å². The normalized spacial score (nSPS) is 9.44. The first-order chi connectivity index (χ1) is 8.79. The molecule has 0 aliphatic rings. The second kappa shape index (κ2) is 8.23. The molecule has 3 N–H and O–H groups in total. The SMILES string of the molecule is COCCCNC(=O)c1ccncc1C#CCN. The number of hydrogen-bond acceptors (Lipinski definition) is 4. The van der Waals surface area contributed by atoms with Crippen molar-refractivity contribution in [1.29, 1.82) is 0 Å². The Morgan fingerprint density at radius 1 is 1.61 bits per heavy atom. The third-order valence-corrected chi connectivity index (χ3v) is 2.20. The Hall–Kier alpha value is -1.90. The first-order valence-corrected chi connectivity index (χ1v) is 5.69. The molecule has 5 nitrogen and oxygen atoms in total. The standard InChI is InChI=1S/C13H17N3O2/c1-18-9-3-7-16-13(17)12-5-8-15-10-11(12)4-2-6-14/h5,8,10H,3,6-7,9,14H2,1H3,(H,16,17). The summed E-state index contributed by atoms with van der Waals surface area (Å²) in [5, 5.41) is 2.80. The molecule has 1 aromatic heterocycles. The van der Waals surface area contributed by atoms with Crippen molar-refractivity contribution >= 4 is 5.91 Å². The fraction of sp³-hybridized carbons (Fsp3) is 0.385. The minimum absolute atomic E-state index is 0.158. The molecule has 0 aliphatic heterocycles. The van der Waals surface area contributed by atoms with Crippen LogP contribution in [0.2, 0.25) is 0 Å². The number of methoxy groups -OCH3 is 1. The van der Waals surface area contributed by atoms with Gasteiger partial charge in [-0.3, -0.25) is 9.78 Å². The van der Waals surface area contributed by atoms with Crippen LogP contribution in [0.3, 0.4) is 0 Å². The maximum atomic E-state index is 11.9. The Bertz CT molecular complexity index is 449. The van der Waals surface area contributed by atoms with Crippen LogP contribution in [0.25, 0.3) is 0 Å². The third kappa shape index (κ3) is 4.53. The van der Waals surface area contributed by atoms with Gasteiger partial charge in [0.2, 0.25) is 0 Å². The summed E-state index contributed by atoms with van der Waals surface area (Å²) in [6, 6.07) is 1.65. The van der Waals surface area contributed by atoms with Gasteiger partial charge in [-0.1, -0.05) is 11.8 Å². The molecule has 1 aromatic rings. The Morgan fingerprint density at radius 2 is 2.44 bits per heavy atom. The summed E-state index contributed by atoms with van der Waals surface area (Å²) in [7, 11) is 1.63. The number of pyridine rings is 1. The van der Waals surface area contributed by atoms with Crippen molar-refractivity contribution < 1.29 is 9.53 Å². The second-order valence-corrected chi connectivity index (χ2v) is 3.53. The molecular formula is C13H17N3O2. The van der Waals surface area contributed by atoms with Gasteiger partial charge >= 0.3 is 0 Å². The lowest BCUT2D eigenvalue weighted by atomic mass is 10.1. The van der Waals surface area contributed by atoms with Crippen molar-refractivity contribution in [3.05, 3.63) is 29.6 Å². The van der Waals surface area contributed by atoms with Crippen LogP contribution in [0.1, 0.15) is 22.3 Å². The highest BCUT2D eigenvalue weighted by molar-refractivity contribution is 5.96. The van der Waals surface area contributed by atoms with Crippen molar-refractivity contribution in [1.82, 2.24) is 10.3 Å². The van der Waals surface area contributed by atoms with Gasteiger partial charge in [0, 0.05) is 32.7 Å². The number of aromatic nitrogens is 1. The fourth-order valence-electron chi connectivity index (χ4n) is 1.35. The van der Waals surface area contributed by atoms with E-state index in [-0.39, 0.29) is 12.5 Å². The van der Waals surface area contributed by atoms with Gasteiger partial charge in [0.25, 0.3) is 5.91 Å². The second-order valence-electron chi connectivity index (χ2n) is 3.53. The maximum Gasteiger partial charge on any atom is 0.252 e. The number of carbonyl (C=O) groups excluding carboxylic acids is 1. The molecule has 0 bridgehead atoms. The number of rotatable bonds is 5. The van der Waals surface area contributed by atoms with Gasteiger partial charge in [0.05, 0.1) is 17.7 Å². The Kier molecular flexibility index (Phi) is 6.47. The maximum absolute atomic E-state index is 11.9. The number of carbonyl (C=O) groups is 1. The Morgan fingerprint density at radius 3 is 3.17 bits per heavy atom. The molecule has 0 saturated heterocycles. The molecule has 5 heteroatoms. The molecule has 1 heterocycles. The monoisotopic (exact) mass is 247 g/mol. The highest BCUT2D eigenvalue weighted by Crippen LogP contribution is 2.05. The van der Waals surface area contributed by atoms with Crippen LogP contribution in [-0.2, 0) is 4.74 Å². The van der Waals surface area contributed by atoms with E-state index in [0.717, 1.165) is 6.42 Å². The van der Waals surface area contributed by atoms with E-state index < -0.39 is 0 Å². The molecule has 0 aliphatic carbocycles. The molecule has 0 aromatic carbocycles. The topological polar surface area (TPSA) is 77.2 Å². The van der Waals surface area contributed by atoms with E-state index >= 15 is 0 Å². The van der Waals surface area contributed by atoms with Crippen molar-refractivity contribution in [2.24, 2.45) is 5.73 Å². The van der Waals surface area contributed by atoms with Gasteiger partial charge in [0.15, 0.2) is 0 Å². The molecule has 0 radical (unpaired) electrons. The van der Waals surface area contributed by atoms with Crippen molar-refractivity contribution in [2.75, 3.05) is 26.8 Å². The first-order valence-electron chi connectivity index (χ1n) is 5.69. The van der Waals surface area contributed by atoms with Gasteiger partial charge in [-0.15, -0.1) is 0 Å². The van der Waals surface area contributed by atoms with Gasteiger partial charge in [-0.2, -0.15) is 0 Å². The molecular weight excluding hydrogens is 230 g/mol. The van der Waals surface area contributed by atoms with E-state index in [2.05, 4.69) is 22.1 Å². The Balaban J connectivity index is 2.67. The lowest BCUT2D eigenvalue weighted by Crippen LogP contribution is -2.26. The summed E-state index contributed by atoms with van der Waals surface area (Å²) in [6.45, 7) is 1.44. The predicted molar refractivity (Wildman–Crippen MR) is 69.0 cm³/mol. The van der Waals surface area contributed by atoms with Gasteiger partial charge in [-0.05, 0) is 12.5 Å². The fourth-order valence-corrected chi connectivity index (χ4v) is 1.35. The summed E-state index contributed by atoms with van der Waals surface area (Å²) in [5.74, 6) is 5.39. The van der Waals surface area contributed by atoms with Crippen LogP contribution in [0, 0.1) is 11.8 Å². The number of nitrogens with zero attached hydrogens (tertiary/aromatic N) is 1. The highest BCUT2D eigenvalue weighted by Gasteiger charge is 2.08. The zero-order valence-corrected chi connectivity index (χ0v) is 10.4. The molecule has 96 valence electrons. The van der Waals surface area contributed by atoms with Crippen LogP contribution < -0.4 is 11.1 Å². The average Bonchev–Trinajstić information content (AvgIpc) is 2.41. The molecule has 1 rings (SSSR count). The van der Waals surface area contributed by atoms with Crippen molar-refractivity contribution in [3.63, 3.8) is 0 Å². The first kappa shape index (κ1) is 14.2. The summed E-state index contributed by atoms with van der Waals surface area (Å²) >= 11 is 0. The van der Waals surface area contributed by atoms with E-state index in [9.17, 15) is 4.79 Å². The number of ether oxygens (including phenoxy) is 1. The number of amides is 1. The molecule has 1 amide bonds. The third-order valence-electron chi connectivity index (χ3n) is 2.20. The predicted octanol–water partition coefficient (Wildman–Crippen LogP) is 0.158. The number of hydrogen-bond donors (Lipinski definition) is 2. The van der Waals surface area contributed by atoms with E-state index in [0.29, 0.717) is 24.3 Å². The number of nitrogens with one attached hydrogen (secondary N) is 1. The minimum Gasteiger partial charge on any atom is -0.385 e. The lowest BCUT2D eigenvalue weighted by molar-refractivity contribution is 0.0948. The molecule has 0 spiro atoms. The quantitative estimate of drug-likeness (QED) is 0.574. The molecule has 0 unspecified atom stereocenters. The Labute approximate surface area is 107 Å². The minimum atomic E-state index is -0.158. The van der Waals surface area contributed by atoms with Gasteiger partial charge in [0.1, 0.15) is 0 Å². The lowest BCUT2D eigenvalue weighted by Gasteiger charge is -2.06. The van der Waals surface area contributed by atoms with E-state index in [1.54, 1.807) is 25.6 Å². The molecule has 0 atom stereocenters. The van der Waals surface area contributed by atoms with Crippen molar-refractivity contribution in [3.8, 4) is 11.8 Å².